The average Bonchev–Trinajstić information content (AvgIpc) is 3.18. The Labute approximate surface area is 131 Å². The molecule has 1 N–H and O–H groups in total. The standard InChI is InChI=1S/C15H17N3O3S/c19-13(11-5-2-1-3-6-11)10-22-15-17-16-14(20)18(15)9-12-7-4-8-21-12/h1-3,5-6,12H,4,7-10H2,(H,16,20)/t12-/m1/s1. The molecule has 1 aliphatic heterocycles. The molecule has 0 aliphatic carbocycles. The molecular formula is C15H17N3O3S. The fraction of sp³-hybridized carbons (Fsp3) is 0.400. The van der Waals surface area contributed by atoms with Gasteiger partial charge in [0.2, 0.25) is 0 Å². The first kappa shape index (κ1) is 15.1. The number of hydrogen-bond acceptors (Lipinski definition) is 5. The lowest BCUT2D eigenvalue weighted by Gasteiger charge is -2.10. The Morgan fingerprint density at radius 3 is 2.95 bits per heavy atom. The third-order valence-electron chi connectivity index (χ3n) is 3.56. The van der Waals surface area contributed by atoms with Crippen molar-refractivity contribution >= 4 is 17.5 Å². The van der Waals surface area contributed by atoms with Crippen LogP contribution < -0.4 is 5.69 Å². The van der Waals surface area contributed by atoms with Crippen LogP contribution in [0.25, 0.3) is 0 Å². The second kappa shape index (κ2) is 6.93. The molecule has 1 aliphatic rings. The Hall–Kier alpha value is -1.86. The number of nitrogens with zero attached hydrogens (tertiary/aromatic N) is 2. The molecule has 0 unspecified atom stereocenters. The highest BCUT2D eigenvalue weighted by Crippen LogP contribution is 2.19. The second-order valence-electron chi connectivity index (χ2n) is 5.13. The van der Waals surface area contributed by atoms with Gasteiger partial charge in [-0.15, -0.1) is 5.10 Å². The van der Waals surface area contributed by atoms with Crippen molar-refractivity contribution < 1.29 is 9.53 Å². The van der Waals surface area contributed by atoms with E-state index in [4.69, 9.17) is 4.74 Å². The summed E-state index contributed by atoms with van der Waals surface area (Å²) in [5, 5.41) is 6.98. The summed E-state index contributed by atoms with van der Waals surface area (Å²) < 4.78 is 7.11. The van der Waals surface area contributed by atoms with Crippen molar-refractivity contribution in [1.29, 1.82) is 0 Å². The molecular weight excluding hydrogens is 302 g/mol. The molecule has 1 fully saturated rings. The van der Waals surface area contributed by atoms with Crippen LogP contribution in [-0.2, 0) is 11.3 Å². The summed E-state index contributed by atoms with van der Waals surface area (Å²) in [5.74, 6) is 0.268. The number of thioether (sulfide) groups is 1. The van der Waals surface area contributed by atoms with Gasteiger partial charge in [0.1, 0.15) is 0 Å². The molecule has 0 bridgehead atoms. The number of nitrogens with one attached hydrogen (secondary N) is 1. The normalized spacial score (nSPS) is 17.7. The summed E-state index contributed by atoms with van der Waals surface area (Å²) >= 11 is 1.27. The van der Waals surface area contributed by atoms with Crippen molar-refractivity contribution in [2.75, 3.05) is 12.4 Å². The van der Waals surface area contributed by atoms with Gasteiger partial charge >= 0.3 is 5.69 Å². The van der Waals surface area contributed by atoms with E-state index in [2.05, 4.69) is 10.2 Å². The fourth-order valence-corrected chi connectivity index (χ4v) is 3.25. The summed E-state index contributed by atoms with van der Waals surface area (Å²) in [6.07, 6.45) is 2.02. The summed E-state index contributed by atoms with van der Waals surface area (Å²) in [6.45, 7) is 1.23. The van der Waals surface area contributed by atoms with E-state index in [9.17, 15) is 9.59 Å². The van der Waals surface area contributed by atoms with Crippen LogP contribution in [0, 0.1) is 0 Å². The molecule has 1 aromatic heterocycles. The number of rotatable bonds is 6. The minimum Gasteiger partial charge on any atom is -0.376 e. The van der Waals surface area contributed by atoms with E-state index >= 15 is 0 Å². The third kappa shape index (κ3) is 3.48. The summed E-state index contributed by atoms with van der Waals surface area (Å²) in [4.78, 5) is 23.9. The largest absolute Gasteiger partial charge is 0.376 e. The Balaban J connectivity index is 1.65. The summed E-state index contributed by atoms with van der Waals surface area (Å²) in [5.41, 5.74) is 0.406. The molecule has 2 aromatic rings. The van der Waals surface area contributed by atoms with E-state index in [1.165, 1.54) is 11.8 Å². The molecule has 116 valence electrons. The van der Waals surface area contributed by atoms with Crippen LogP contribution in [0.1, 0.15) is 23.2 Å². The van der Waals surface area contributed by atoms with E-state index in [1.807, 2.05) is 18.2 Å². The van der Waals surface area contributed by atoms with Crippen LogP contribution in [0.2, 0.25) is 0 Å². The highest BCUT2D eigenvalue weighted by molar-refractivity contribution is 7.99. The number of carbonyl (C=O) groups excluding carboxylic acids is 1. The predicted octanol–water partition coefficient (Wildman–Crippen LogP) is 1.73. The van der Waals surface area contributed by atoms with Crippen molar-refractivity contribution in [1.82, 2.24) is 14.8 Å². The monoisotopic (exact) mass is 319 g/mol. The number of H-pyrrole nitrogens is 1. The van der Waals surface area contributed by atoms with Crippen molar-refractivity contribution in [3.05, 3.63) is 46.4 Å². The van der Waals surface area contributed by atoms with Gasteiger partial charge in [0.25, 0.3) is 0 Å². The van der Waals surface area contributed by atoms with Gasteiger partial charge in [0.15, 0.2) is 10.9 Å². The van der Waals surface area contributed by atoms with Gasteiger partial charge in [-0.05, 0) is 12.8 Å². The molecule has 3 rings (SSSR count). The number of Topliss-reactive ketones (excluding diaryl/α,β-unsaturated/α-hetero) is 1. The van der Waals surface area contributed by atoms with Gasteiger partial charge in [-0.25, -0.2) is 9.89 Å². The van der Waals surface area contributed by atoms with Crippen LogP contribution in [0.15, 0.2) is 40.3 Å². The average molecular weight is 319 g/mol. The molecule has 22 heavy (non-hydrogen) atoms. The van der Waals surface area contributed by atoms with Crippen molar-refractivity contribution in [3.63, 3.8) is 0 Å². The minimum absolute atomic E-state index is 0.0183. The molecule has 6 nitrogen and oxygen atoms in total. The molecule has 1 aromatic carbocycles. The van der Waals surface area contributed by atoms with Gasteiger partial charge in [-0.1, -0.05) is 42.1 Å². The number of aromatic amines is 1. The highest BCUT2D eigenvalue weighted by atomic mass is 32.2. The number of carbonyl (C=O) groups is 1. The third-order valence-corrected chi connectivity index (χ3v) is 4.54. The SMILES string of the molecule is O=C(CSc1n[nH]c(=O)n1C[C@H]1CCCO1)c1ccccc1. The zero-order valence-electron chi connectivity index (χ0n) is 12.0. The Bertz CT molecular complexity index is 690. The van der Waals surface area contributed by atoms with E-state index < -0.39 is 0 Å². The quantitative estimate of drug-likeness (QED) is 0.648. The van der Waals surface area contributed by atoms with Gasteiger partial charge in [0.05, 0.1) is 18.4 Å². The van der Waals surface area contributed by atoms with Crippen LogP contribution in [0.3, 0.4) is 0 Å². The van der Waals surface area contributed by atoms with Crippen molar-refractivity contribution in [2.24, 2.45) is 0 Å². The molecule has 1 atom stereocenters. The second-order valence-corrected chi connectivity index (χ2v) is 6.08. The number of aromatic nitrogens is 3. The number of hydrogen-bond donors (Lipinski definition) is 1. The lowest BCUT2D eigenvalue weighted by atomic mass is 10.2. The van der Waals surface area contributed by atoms with Gasteiger partial charge in [0, 0.05) is 12.2 Å². The Kier molecular flexibility index (Phi) is 4.74. The van der Waals surface area contributed by atoms with Crippen molar-refractivity contribution in [3.8, 4) is 0 Å². The summed E-state index contributed by atoms with van der Waals surface area (Å²) in [7, 11) is 0. The molecule has 0 spiro atoms. The zero-order chi connectivity index (χ0) is 15.4. The van der Waals surface area contributed by atoms with Gasteiger partial charge in [-0.2, -0.15) is 0 Å². The Morgan fingerprint density at radius 1 is 1.41 bits per heavy atom. The number of ketones is 1. The fourth-order valence-electron chi connectivity index (χ4n) is 2.40. The maximum Gasteiger partial charge on any atom is 0.344 e. The first-order chi connectivity index (χ1) is 10.7. The minimum atomic E-state index is -0.259. The zero-order valence-corrected chi connectivity index (χ0v) is 12.8. The predicted molar refractivity (Wildman–Crippen MR) is 83.3 cm³/mol. The van der Waals surface area contributed by atoms with E-state index in [0.29, 0.717) is 17.3 Å². The molecule has 1 saturated heterocycles. The van der Waals surface area contributed by atoms with Crippen LogP contribution in [0.4, 0.5) is 0 Å². The van der Waals surface area contributed by atoms with Crippen molar-refractivity contribution in [2.45, 2.75) is 30.6 Å². The summed E-state index contributed by atoms with van der Waals surface area (Å²) in [6, 6.07) is 9.11. The van der Waals surface area contributed by atoms with Crippen LogP contribution in [-0.4, -0.2) is 39.0 Å². The van der Waals surface area contributed by atoms with Gasteiger partial charge in [-0.3, -0.25) is 9.36 Å². The maximum atomic E-state index is 12.1. The van der Waals surface area contributed by atoms with E-state index in [-0.39, 0.29) is 23.3 Å². The number of benzene rings is 1. The molecule has 7 heteroatoms. The lowest BCUT2D eigenvalue weighted by Crippen LogP contribution is -2.25. The Morgan fingerprint density at radius 2 is 2.23 bits per heavy atom. The lowest BCUT2D eigenvalue weighted by molar-refractivity contribution is 0.0941. The van der Waals surface area contributed by atoms with E-state index in [0.717, 1.165) is 19.4 Å². The first-order valence-electron chi connectivity index (χ1n) is 7.22. The number of ether oxygens (including phenoxy) is 1. The molecule has 0 saturated carbocycles. The van der Waals surface area contributed by atoms with Crippen LogP contribution in [0.5, 0.6) is 0 Å². The van der Waals surface area contributed by atoms with Gasteiger partial charge < -0.3 is 4.74 Å². The first-order valence-corrected chi connectivity index (χ1v) is 8.20. The molecule has 0 radical (unpaired) electrons. The van der Waals surface area contributed by atoms with E-state index in [1.54, 1.807) is 16.7 Å². The topological polar surface area (TPSA) is 77.0 Å². The van der Waals surface area contributed by atoms with Crippen LogP contribution >= 0.6 is 11.8 Å². The maximum absolute atomic E-state index is 12.1. The smallest absolute Gasteiger partial charge is 0.344 e. The molecule has 0 amide bonds. The molecule has 2 heterocycles. The highest BCUT2D eigenvalue weighted by Gasteiger charge is 2.20.